The van der Waals surface area contributed by atoms with Crippen molar-refractivity contribution in [1.29, 1.82) is 0 Å². The maximum absolute atomic E-state index is 11.9. The van der Waals surface area contributed by atoms with Gasteiger partial charge in [0.1, 0.15) is 17.1 Å². The van der Waals surface area contributed by atoms with Crippen molar-refractivity contribution in [2.75, 3.05) is 14.2 Å². The van der Waals surface area contributed by atoms with Crippen molar-refractivity contribution >= 4 is 0 Å². The highest BCUT2D eigenvalue weighted by Crippen LogP contribution is 2.37. The minimum atomic E-state index is -1.24. The van der Waals surface area contributed by atoms with Crippen molar-refractivity contribution < 1.29 is 14.6 Å². The van der Waals surface area contributed by atoms with Crippen LogP contribution in [-0.4, -0.2) is 24.3 Å². The van der Waals surface area contributed by atoms with Crippen LogP contribution >= 0.6 is 0 Å². The molecule has 4 nitrogen and oxygen atoms in total. The van der Waals surface area contributed by atoms with Gasteiger partial charge in [-0.25, -0.2) is 0 Å². The molecule has 0 radical (unpaired) electrons. The maximum Gasteiger partial charge on any atom is 0.122 e. The van der Waals surface area contributed by atoms with Crippen LogP contribution < -0.4 is 9.47 Å². The molecule has 27 heavy (non-hydrogen) atoms. The van der Waals surface area contributed by atoms with Crippen LogP contribution in [0.5, 0.6) is 11.5 Å². The fraction of sp³-hybridized carbons (Fsp3) is 0.261. The first-order valence-corrected chi connectivity index (χ1v) is 8.90. The summed E-state index contributed by atoms with van der Waals surface area (Å²) in [5, 5.41) is 11.9. The van der Waals surface area contributed by atoms with Gasteiger partial charge >= 0.3 is 0 Å². The zero-order chi connectivity index (χ0) is 19.4. The largest absolute Gasteiger partial charge is 0.497 e. The minimum absolute atomic E-state index is 0.370. The standard InChI is InChI=1S/C23H25NO3/c1-16-13-17(2)24-15-21(16)23(25,19-9-11-20(26-3)12-10-19)14-18-7-5-6-8-22(18)27-4/h5-13,15,25H,14H2,1-4H3. The minimum Gasteiger partial charge on any atom is -0.497 e. The van der Waals surface area contributed by atoms with E-state index in [2.05, 4.69) is 4.98 Å². The predicted molar refractivity (Wildman–Crippen MR) is 106 cm³/mol. The number of nitrogens with zero attached hydrogens (tertiary/aromatic N) is 1. The lowest BCUT2D eigenvalue weighted by molar-refractivity contribution is 0.0793. The first-order valence-electron chi connectivity index (χ1n) is 8.90. The van der Waals surface area contributed by atoms with Gasteiger partial charge in [-0.3, -0.25) is 4.98 Å². The summed E-state index contributed by atoms with van der Waals surface area (Å²) in [5.74, 6) is 1.50. The van der Waals surface area contributed by atoms with Crippen molar-refractivity contribution in [3.8, 4) is 11.5 Å². The molecule has 2 aromatic carbocycles. The molecule has 3 rings (SSSR count). The summed E-state index contributed by atoms with van der Waals surface area (Å²) >= 11 is 0. The zero-order valence-electron chi connectivity index (χ0n) is 16.2. The smallest absolute Gasteiger partial charge is 0.122 e. The molecule has 1 N–H and O–H groups in total. The number of para-hydroxylation sites is 1. The first kappa shape index (κ1) is 18.9. The lowest BCUT2D eigenvalue weighted by atomic mass is 9.80. The van der Waals surface area contributed by atoms with Gasteiger partial charge in [0.2, 0.25) is 0 Å². The second-order valence-corrected chi connectivity index (χ2v) is 6.72. The Balaban J connectivity index is 2.15. The van der Waals surface area contributed by atoms with Gasteiger partial charge in [-0.2, -0.15) is 0 Å². The Labute approximate surface area is 160 Å². The summed E-state index contributed by atoms with van der Waals surface area (Å²) < 4.78 is 10.8. The Morgan fingerprint density at radius 3 is 2.30 bits per heavy atom. The third-order valence-electron chi connectivity index (χ3n) is 4.90. The van der Waals surface area contributed by atoms with E-state index in [-0.39, 0.29) is 0 Å². The Morgan fingerprint density at radius 2 is 1.67 bits per heavy atom. The van der Waals surface area contributed by atoms with Crippen LogP contribution in [0.1, 0.15) is 27.9 Å². The Bertz CT molecular complexity index is 921. The number of benzene rings is 2. The number of aryl methyl sites for hydroxylation is 2. The van der Waals surface area contributed by atoms with E-state index < -0.39 is 5.60 Å². The fourth-order valence-corrected chi connectivity index (χ4v) is 3.47. The number of ether oxygens (including phenoxy) is 2. The monoisotopic (exact) mass is 363 g/mol. The Morgan fingerprint density at radius 1 is 0.963 bits per heavy atom. The van der Waals surface area contributed by atoms with Crippen LogP contribution in [-0.2, 0) is 12.0 Å². The number of hydrogen-bond acceptors (Lipinski definition) is 4. The number of aliphatic hydroxyl groups is 1. The van der Waals surface area contributed by atoms with Gasteiger partial charge in [-0.05, 0) is 54.8 Å². The number of rotatable bonds is 6. The van der Waals surface area contributed by atoms with Crippen LogP contribution in [0.2, 0.25) is 0 Å². The summed E-state index contributed by atoms with van der Waals surface area (Å²) in [5.41, 5.74) is 3.16. The number of methoxy groups -OCH3 is 2. The molecule has 1 unspecified atom stereocenters. The maximum atomic E-state index is 11.9. The highest BCUT2D eigenvalue weighted by atomic mass is 16.5. The summed E-state index contributed by atoms with van der Waals surface area (Å²) in [7, 11) is 3.27. The van der Waals surface area contributed by atoms with E-state index >= 15 is 0 Å². The fourth-order valence-electron chi connectivity index (χ4n) is 3.47. The molecule has 0 saturated heterocycles. The summed E-state index contributed by atoms with van der Waals surface area (Å²) in [6.45, 7) is 3.95. The zero-order valence-corrected chi connectivity index (χ0v) is 16.2. The van der Waals surface area contributed by atoms with E-state index in [9.17, 15) is 5.11 Å². The molecule has 3 aromatic rings. The predicted octanol–water partition coefficient (Wildman–Crippen LogP) is 4.19. The molecule has 0 amide bonds. The van der Waals surface area contributed by atoms with Crippen molar-refractivity contribution in [2.45, 2.75) is 25.9 Å². The van der Waals surface area contributed by atoms with Gasteiger partial charge in [0.05, 0.1) is 14.2 Å². The quantitative estimate of drug-likeness (QED) is 0.713. The molecule has 4 heteroatoms. The topological polar surface area (TPSA) is 51.6 Å². The van der Waals surface area contributed by atoms with E-state index in [4.69, 9.17) is 9.47 Å². The van der Waals surface area contributed by atoms with Crippen molar-refractivity contribution in [1.82, 2.24) is 4.98 Å². The normalized spacial score (nSPS) is 13.1. The molecule has 1 atom stereocenters. The van der Waals surface area contributed by atoms with Gasteiger partial charge in [0.15, 0.2) is 0 Å². The Kier molecular flexibility index (Phi) is 5.47. The number of hydrogen-bond donors (Lipinski definition) is 1. The second-order valence-electron chi connectivity index (χ2n) is 6.72. The number of pyridine rings is 1. The van der Waals surface area contributed by atoms with E-state index in [0.29, 0.717) is 6.42 Å². The average molecular weight is 363 g/mol. The van der Waals surface area contributed by atoms with E-state index in [0.717, 1.165) is 39.4 Å². The van der Waals surface area contributed by atoms with Gasteiger partial charge in [-0.1, -0.05) is 30.3 Å². The van der Waals surface area contributed by atoms with E-state index in [1.54, 1.807) is 20.4 Å². The molecule has 0 fully saturated rings. The van der Waals surface area contributed by atoms with Crippen LogP contribution in [0.3, 0.4) is 0 Å². The van der Waals surface area contributed by atoms with Crippen molar-refractivity contribution in [3.63, 3.8) is 0 Å². The molecule has 0 bridgehead atoms. The highest BCUT2D eigenvalue weighted by molar-refractivity contribution is 5.45. The van der Waals surface area contributed by atoms with E-state index in [1.165, 1.54) is 0 Å². The molecule has 0 spiro atoms. The Hall–Kier alpha value is -2.85. The second kappa shape index (κ2) is 7.80. The van der Waals surface area contributed by atoms with Crippen LogP contribution in [0.15, 0.2) is 60.8 Å². The molecule has 0 saturated carbocycles. The number of aromatic nitrogens is 1. The van der Waals surface area contributed by atoms with Gasteiger partial charge in [-0.15, -0.1) is 0 Å². The SMILES string of the molecule is COc1ccc(C(O)(Cc2ccccc2OC)c2cnc(C)cc2C)cc1. The molecule has 1 aromatic heterocycles. The average Bonchev–Trinajstić information content (AvgIpc) is 2.68. The van der Waals surface area contributed by atoms with Crippen molar-refractivity contribution in [2.24, 2.45) is 0 Å². The highest BCUT2D eigenvalue weighted by Gasteiger charge is 2.34. The molecular weight excluding hydrogens is 338 g/mol. The van der Waals surface area contributed by atoms with Gasteiger partial charge < -0.3 is 14.6 Å². The van der Waals surface area contributed by atoms with Gasteiger partial charge in [0, 0.05) is 23.9 Å². The van der Waals surface area contributed by atoms with Crippen LogP contribution in [0.25, 0.3) is 0 Å². The van der Waals surface area contributed by atoms with Crippen LogP contribution in [0, 0.1) is 13.8 Å². The summed E-state index contributed by atoms with van der Waals surface area (Å²) in [6, 6.07) is 17.3. The molecule has 140 valence electrons. The molecule has 0 aliphatic carbocycles. The van der Waals surface area contributed by atoms with Gasteiger partial charge in [0.25, 0.3) is 0 Å². The summed E-state index contributed by atoms with van der Waals surface area (Å²) in [4.78, 5) is 4.43. The van der Waals surface area contributed by atoms with E-state index in [1.807, 2.05) is 68.4 Å². The lowest BCUT2D eigenvalue weighted by Crippen LogP contribution is -2.31. The van der Waals surface area contributed by atoms with Crippen molar-refractivity contribution in [3.05, 3.63) is 88.7 Å². The molecule has 0 aliphatic heterocycles. The lowest BCUT2D eigenvalue weighted by Gasteiger charge is -2.31. The molecular formula is C23H25NO3. The van der Waals surface area contributed by atoms with Crippen LogP contribution in [0.4, 0.5) is 0 Å². The molecule has 1 heterocycles. The first-order chi connectivity index (χ1) is 13.0. The third kappa shape index (κ3) is 3.81. The molecule has 0 aliphatic rings. The summed E-state index contributed by atoms with van der Waals surface area (Å²) in [6.07, 6.45) is 2.14. The third-order valence-corrected chi connectivity index (χ3v) is 4.90.